The summed E-state index contributed by atoms with van der Waals surface area (Å²) in [5.41, 5.74) is 0.758. The van der Waals surface area contributed by atoms with Crippen molar-refractivity contribution in [2.45, 2.75) is 10.7 Å². The first-order valence-corrected chi connectivity index (χ1v) is 7.44. The fourth-order valence-electron chi connectivity index (χ4n) is 1.56. The Balaban J connectivity index is 2.06. The lowest BCUT2D eigenvalue weighted by Crippen LogP contribution is -2.11. The first-order valence-electron chi connectivity index (χ1n) is 5.77. The van der Waals surface area contributed by atoms with Gasteiger partial charge in [-0.3, -0.25) is 4.79 Å². The minimum Gasteiger partial charge on any atom is -0.322 e. The molecule has 0 fully saturated rings. The maximum Gasteiger partial charge on any atom is 0.288 e. The van der Waals surface area contributed by atoms with E-state index in [9.17, 15) is 18.0 Å². The topological polar surface area (TPSA) is 29.1 Å². The number of thioether (sulfide) groups is 1. The molecule has 0 unspecified atom stereocenters. The van der Waals surface area contributed by atoms with Crippen LogP contribution in [0, 0.1) is 5.82 Å². The van der Waals surface area contributed by atoms with Crippen molar-refractivity contribution in [1.82, 2.24) is 0 Å². The summed E-state index contributed by atoms with van der Waals surface area (Å²) in [4.78, 5) is 12.4. The Morgan fingerprint density at radius 3 is 2.38 bits per heavy atom. The molecule has 0 bridgehead atoms. The van der Waals surface area contributed by atoms with Gasteiger partial charge in [-0.25, -0.2) is 4.39 Å². The van der Waals surface area contributed by atoms with Crippen molar-refractivity contribution in [1.29, 1.82) is 0 Å². The van der Waals surface area contributed by atoms with Crippen molar-refractivity contribution in [3.8, 4) is 0 Å². The summed E-state index contributed by atoms with van der Waals surface area (Å²) in [6.07, 6.45) is 0. The van der Waals surface area contributed by atoms with E-state index in [0.29, 0.717) is 22.3 Å². The third kappa shape index (κ3) is 4.50. The number of carbonyl (C=O) groups excluding carboxylic acids is 1. The van der Waals surface area contributed by atoms with Gasteiger partial charge < -0.3 is 5.32 Å². The minimum absolute atomic E-state index is 0.193. The van der Waals surface area contributed by atoms with Crippen molar-refractivity contribution in [3.63, 3.8) is 0 Å². The van der Waals surface area contributed by atoms with Crippen molar-refractivity contribution < 1.29 is 18.0 Å². The Labute approximate surface area is 131 Å². The van der Waals surface area contributed by atoms with Crippen LogP contribution < -0.4 is 5.32 Å². The molecule has 7 heteroatoms. The van der Waals surface area contributed by atoms with Gasteiger partial charge in [0.2, 0.25) is 0 Å². The van der Waals surface area contributed by atoms with Gasteiger partial charge in [-0.2, -0.15) is 8.78 Å². The molecule has 21 heavy (non-hydrogen) atoms. The second kappa shape index (κ2) is 7.00. The molecule has 0 atom stereocenters. The summed E-state index contributed by atoms with van der Waals surface area (Å²) in [7, 11) is 0. The number of halogens is 4. The van der Waals surface area contributed by atoms with Crippen LogP contribution in [0.1, 0.15) is 10.4 Å². The van der Waals surface area contributed by atoms with Gasteiger partial charge in [-0.05, 0) is 58.4 Å². The van der Waals surface area contributed by atoms with Crippen LogP contribution in [-0.4, -0.2) is 11.7 Å². The van der Waals surface area contributed by atoms with E-state index in [4.69, 9.17) is 0 Å². The van der Waals surface area contributed by atoms with Gasteiger partial charge in [-0.1, -0.05) is 11.8 Å². The third-order valence-corrected chi connectivity index (χ3v) is 3.85. The van der Waals surface area contributed by atoms with Gasteiger partial charge in [0.25, 0.3) is 11.7 Å². The zero-order valence-corrected chi connectivity index (χ0v) is 12.8. The molecule has 0 aliphatic rings. The maximum atomic E-state index is 13.1. The SMILES string of the molecule is O=C(Nc1ccc(SC(F)F)cc1)c1ccc(F)c(Br)c1. The largest absolute Gasteiger partial charge is 0.322 e. The van der Waals surface area contributed by atoms with Crippen LogP contribution in [0.5, 0.6) is 0 Å². The summed E-state index contributed by atoms with van der Waals surface area (Å²) in [5, 5.41) is 2.61. The number of amides is 1. The molecule has 2 aromatic rings. The smallest absolute Gasteiger partial charge is 0.288 e. The summed E-state index contributed by atoms with van der Waals surface area (Å²) in [5.74, 6) is -3.35. The molecular weight excluding hydrogens is 367 g/mol. The monoisotopic (exact) mass is 375 g/mol. The zero-order chi connectivity index (χ0) is 15.4. The Kier molecular flexibility index (Phi) is 5.30. The number of hydrogen-bond donors (Lipinski definition) is 1. The van der Waals surface area contributed by atoms with Crippen molar-refractivity contribution in [2.24, 2.45) is 0 Å². The molecule has 1 amide bonds. The molecule has 1 N–H and O–H groups in total. The second-order valence-electron chi connectivity index (χ2n) is 3.99. The molecule has 0 radical (unpaired) electrons. The average Bonchev–Trinajstić information content (AvgIpc) is 2.43. The first kappa shape index (κ1) is 15.9. The Morgan fingerprint density at radius 1 is 1.14 bits per heavy atom. The molecule has 2 aromatic carbocycles. The van der Waals surface area contributed by atoms with Crippen LogP contribution in [0.4, 0.5) is 18.9 Å². The minimum atomic E-state index is -2.48. The lowest BCUT2D eigenvalue weighted by molar-refractivity contribution is 0.102. The number of rotatable bonds is 4. The van der Waals surface area contributed by atoms with Crippen LogP contribution in [-0.2, 0) is 0 Å². The summed E-state index contributed by atoms with van der Waals surface area (Å²) >= 11 is 3.44. The molecular formula is C14H9BrF3NOS. The van der Waals surface area contributed by atoms with Crippen molar-refractivity contribution in [3.05, 3.63) is 58.3 Å². The highest BCUT2D eigenvalue weighted by Gasteiger charge is 2.09. The second-order valence-corrected chi connectivity index (χ2v) is 5.90. The normalized spacial score (nSPS) is 10.7. The highest BCUT2D eigenvalue weighted by atomic mass is 79.9. The number of alkyl halides is 2. The Morgan fingerprint density at radius 2 is 1.81 bits per heavy atom. The van der Waals surface area contributed by atoms with Crippen LogP contribution in [0.3, 0.4) is 0 Å². The van der Waals surface area contributed by atoms with E-state index in [1.165, 1.54) is 42.5 Å². The summed E-state index contributed by atoms with van der Waals surface area (Å²) < 4.78 is 37.7. The van der Waals surface area contributed by atoms with Gasteiger partial charge in [0.15, 0.2) is 0 Å². The van der Waals surface area contributed by atoms with E-state index in [2.05, 4.69) is 21.2 Å². The summed E-state index contributed by atoms with van der Waals surface area (Å²) in [6, 6.07) is 9.95. The molecule has 2 nitrogen and oxygen atoms in total. The zero-order valence-electron chi connectivity index (χ0n) is 10.4. The van der Waals surface area contributed by atoms with Gasteiger partial charge in [-0.15, -0.1) is 0 Å². The number of benzene rings is 2. The number of hydrogen-bond acceptors (Lipinski definition) is 2. The van der Waals surface area contributed by atoms with E-state index < -0.39 is 17.5 Å². The van der Waals surface area contributed by atoms with Crippen molar-refractivity contribution >= 4 is 39.3 Å². The third-order valence-electron chi connectivity index (χ3n) is 2.52. The molecule has 0 spiro atoms. The van der Waals surface area contributed by atoms with Gasteiger partial charge in [0.05, 0.1) is 4.47 Å². The van der Waals surface area contributed by atoms with E-state index in [1.807, 2.05) is 0 Å². The van der Waals surface area contributed by atoms with Gasteiger partial charge in [0.1, 0.15) is 5.82 Å². The van der Waals surface area contributed by atoms with Gasteiger partial charge >= 0.3 is 0 Å². The highest BCUT2D eigenvalue weighted by Crippen LogP contribution is 2.26. The number of anilines is 1. The lowest BCUT2D eigenvalue weighted by Gasteiger charge is -2.07. The van der Waals surface area contributed by atoms with Crippen LogP contribution in [0.2, 0.25) is 0 Å². The first-order chi connectivity index (χ1) is 9.95. The molecule has 110 valence electrons. The van der Waals surface area contributed by atoms with Gasteiger partial charge in [0, 0.05) is 16.1 Å². The standard InChI is InChI=1S/C14H9BrF3NOS/c15-11-7-8(1-6-12(11)16)13(20)19-9-2-4-10(5-3-9)21-14(17)18/h1-7,14H,(H,19,20). The maximum absolute atomic E-state index is 13.1. The predicted octanol–water partition coefficient (Wildman–Crippen LogP) is 5.16. The predicted molar refractivity (Wildman–Crippen MR) is 80.4 cm³/mol. The molecule has 2 rings (SSSR count). The van der Waals surface area contributed by atoms with Crippen molar-refractivity contribution in [2.75, 3.05) is 5.32 Å². The van der Waals surface area contributed by atoms with Crippen LogP contribution in [0.15, 0.2) is 51.8 Å². The lowest BCUT2D eigenvalue weighted by atomic mass is 10.2. The quantitative estimate of drug-likeness (QED) is 0.748. The molecule has 0 saturated heterocycles. The molecule has 0 aromatic heterocycles. The molecule has 0 heterocycles. The van der Waals surface area contributed by atoms with E-state index in [-0.39, 0.29) is 10.0 Å². The van der Waals surface area contributed by atoms with E-state index in [0.717, 1.165) is 0 Å². The van der Waals surface area contributed by atoms with E-state index in [1.54, 1.807) is 0 Å². The number of nitrogens with one attached hydrogen (secondary N) is 1. The van der Waals surface area contributed by atoms with E-state index >= 15 is 0 Å². The molecule has 0 saturated carbocycles. The fourth-order valence-corrected chi connectivity index (χ4v) is 2.44. The highest BCUT2D eigenvalue weighted by molar-refractivity contribution is 9.10. The fraction of sp³-hybridized carbons (Fsp3) is 0.0714. The van der Waals surface area contributed by atoms with Crippen LogP contribution in [0.25, 0.3) is 0 Å². The molecule has 0 aliphatic heterocycles. The number of carbonyl (C=O) groups is 1. The Hall–Kier alpha value is -1.47. The van der Waals surface area contributed by atoms with Crippen LogP contribution >= 0.6 is 27.7 Å². The summed E-state index contributed by atoms with van der Waals surface area (Å²) in [6.45, 7) is 0. The Bertz CT molecular complexity index is 649. The average molecular weight is 376 g/mol. The molecule has 0 aliphatic carbocycles.